The molecule has 0 aromatic heterocycles. The number of para-hydroxylation sites is 4. The van der Waals surface area contributed by atoms with Gasteiger partial charge in [-0.25, -0.2) is 0 Å². The van der Waals surface area contributed by atoms with Crippen LogP contribution in [0, 0.1) is 0 Å². The Morgan fingerprint density at radius 2 is 0.654 bits per heavy atom. The minimum atomic E-state index is -0.176. The lowest BCUT2D eigenvalue weighted by molar-refractivity contribution is -0.135. The van der Waals surface area contributed by atoms with E-state index in [-0.39, 0.29) is 64.9 Å². The SMILES string of the molecule is CC(C)(C)c1ccc2c(c1)C[C@@H](c1ccccc1)CC(=O)O2.O=C1C[C@H](c2ccc(Br)cc2)Cc2ccccc2O1.O=C1C[C@H](c2ccc(Cl)cc2)Cc2ccccc2O1.O=C1C[C@H](c2ccc3ccccc3c2)Cc2ccccc2O1.O=C1C[C@H](c2cccc3ccccc23)Cc2ccccc2O1. The van der Waals surface area contributed by atoms with Crippen LogP contribution in [0.25, 0.3) is 21.5 Å². The van der Waals surface area contributed by atoms with Gasteiger partial charge in [-0.15, -0.1) is 0 Å². The summed E-state index contributed by atoms with van der Waals surface area (Å²) in [4.78, 5) is 60.0. The predicted molar refractivity (Wildman–Crippen MR) is 414 cm³/mol. The summed E-state index contributed by atoms with van der Waals surface area (Å²) in [5.74, 6) is 3.58. The number of hydrogen-bond acceptors (Lipinski definition) is 10. The van der Waals surface area contributed by atoms with Gasteiger partial charge in [0, 0.05) is 9.50 Å². The number of halogens is 2. The van der Waals surface area contributed by atoms with E-state index >= 15 is 0 Å². The second-order valence-electron chi connectivity index (χ2n) is 28.1. The van der Waals surface area contributed by atoms with Crippen molar-refractivity contribution in [2.24, 2.45) is 0 Å². The van der Waals surface area contributed by atoms with Crippen LogP contribution >= 0.6 is 27.5 Å². The number of hydrogen-bond donors (Lipinski definition) is 0. The van der Waals surface area contributed by atoms with Gasteiger partial charge in [0.2, 0.25) is 0 Å². The maximum atomic E-state index is 12.1. The Balaban J connectivity index is 0.000000116. The third-order valence-electron chi connectivity index (χ3n) is 19.8. The molecule has 5 atom stereocenters. The summed E-state index contributed by atoms with van der Waals surface area (Å²) >= 11 is 9.33. The second kappa shape index (κ2) is 33.2. The lowest BCUT2D eigenvalue weighted by atomic mass is 9.84. The number of ether oxygens (including phenoxy) is 5. The minimum absolute atomic E-state index is 0.0909. The van der Waals surface area contributed by atoms with Crippen molar-refractivity contribution < 1.29 is 47.7 Å². The highest BCUT2D eigenvalue weighted by Crippen LogP contribution is 2.41. The van der Waals surface area contributed by atoms with Crippen LogP contribution in [-0.2, 0) is 61.5 Å². The average Bonchev–Trinajstić information content (AvgIpc) is 1.83. The van der Waals surface area contributed by atoms with Gasteiger partial charge in [-0.3, -0.25) is 24.0 Å². The van der Waals surface area contributed by atoms with Crippen molar-refractivity contribution in [1.29, 1.82) is 0 Å². The topological polar surface area (TPSA) is 132 Å². The molecule has 522 valence electrons. The van der Waals surface area contributed by atoms with Crippen molar-refractivity contribution in [2.45, 2.75) is 120 Å². The summed E-state index contributed by atoms with van der Waals surface area (Å²) in [5.41, 5.74) is 12.8. The third kappa shape index (κ3) is 18.4. The van der Waals surface area contributed by atoms with Crippen LogP contribution in [-0.4, -0.2) is 29.8 Å². The van der Waals surface area contributed by atoms with Crippen molar-refractivity contribution in [3.63, 3.8) is 0 Å². The van der Waals surface area contributed by atoms with Crippen LogP contribution in [0.15, 0.2) is 284 Å². The molecule has 5 aliphatic heterocycles. The molecule has 5 heterocycles. The number of fused-ring (bicyclic) bond motifs is 7. The Morgan fingerprint density at radius 3 is 1.14 bits per heavy atom. The molecule has 12 aromatic carbocycles. The van der Waals surface area contributed by atoms with Crippen LogP contribution in [0.1, 0.15) is 144 Å². The highest BCUT2D eigenvalue weighted by molar-refractivity contribution is 9.10. The van der Waals surface area contributed by atoms with Crippen LogP contribution in [0.2, 0.25) is 5.02 Å². The zero-order valence-corrected chi connectivity index (χ0v) is 60.7. The third-order valence-corrected chi connectivity index (χ3v) is 20.6. The smallest absolute Gasteiger partial charge is 0.311 e. The number of benzene rings is 12. The molecule has 0 unspecified atom stereocenters. The standard InChI is InChI=1S/2C20H16O2.C20H22O2.C16H13BrO2.C16H13ClO2/c21-20-13-16(12-15-7-2-4-11-19(15)22-20)18-10-5-8-14-6-1-3-9-17(14)18;21-20-13-18(12-17-7-3-4-8-19(17)22-20)16-10-9-14-5-1-2-6-15(14)11-16;1-20(2,3)17-9-10-18-16(12-17)11-15(13-19(21)22-18)14-7-5-4-6-8-14;2*17-14-7-5-11(6-8-14)13-9-12-3-1-2-4-15(12)19-16(18)10-13/h1-11,16H,12-13H2;1-11,18H,12-13H2;4-10,12,15H,11,13H2,1-3H3;2*1-8,13H,9-10H2/t16-;18-;15-;2*13-/m11111/s1. The van der Waals surface area contributed by atoms with Crippen molar-refractivity contribution in [3.8, 4) is 28.7 Å². The summed E-state index contributed by atoms with van der Waals surface area (Å²) in [6, 6.07) is 92.8. The van der Waals surface area contributed by atoms with Crippen LogP contribution in [0.4, 0.5) is 0 Å². The summed E-state index contributed by atoms with van der Waals surface area (Å²) in [6.45, 7) is 6.60. The first-order valence-corrected chi connectivity index (χ1v) is 36.7. The first-order chi connectivity index (χ1) is 50.5. The number of rotatable bonds is 5. The van der Waals surface area contributed by atoms with E-state index in [1.54, 1.807) is 0 Å². The van der Waals surface area contributed by atoms with Crippen LogP contribution in [0.3, 0.4) is 0 Å². The summed E-state index contributed by atoms with van der Waals surface area (Å²) < 4.78 is 28.3. The zero-order valence-electron chi connectivity index (χ0n) is 58.4. The van der Waals surface area contributed by atoms with Gasteiger partial charge in [0.25, 0.3) is 0 Å². The van der Waals surface area contributed by atoms with E-state index in [1.165, 1.54) is 49.4 Å². The van der Waals surface area contributed by atoms with Gasteiger partial charge in [0.15, 0.2) is 0 Å². The Labute approximate surface area is 621 Å². The van der Waals surface area contributed by atoms with E-state index in [1.807, 2.05) is 176 Å². The first-order valence-electron chi connectivity index (χ1n) is 35.5. The molecular weight excluding hydrogens is 1380 g/mol. The Kier molecular flexibility index (Phi) is 22.8. The van der Waals surface area contributed by atoms with Crippen LogP contribution in [0.5, 0.6) is 28.7 Å². The maximum Gasteiger partial charge on any atom is 0.311 e. The monoisotopic (exact) mass is 1460 g/mol. The Morgan fingerprint density at radius 1 is 0.298 bits per heavy atom. The molecule has 0 radical (unpaired) electrons. The number of carbonyl (C=O) groups excluding carboxylic acids is 5. The van der Waals surface area contributed by atoms with E-state index < -0.39 is 0 Å². The lowest BCUT2D eigenvalue weighted by Crippen LogP contribution is -2.12. The van der Waals surface area contributed by atoms with E-state index in [9.17, 15) is 24.0 Å². The molecule has 12 heteroatoms. The fourth-order valence-electron chi connectivity index (χ4n) is 14.3. The highest BCUT2D eigenvalue weighted by Gasteiger charge is 2.30. The van der Waals surface area contributed by atoms with E-state index in [0.29, 0.717) is 60.1 Å². The molecule has 0 spiro atoms. The molecule has 0 N–H and O–H groups in total. The second-order valence-corrected chi connectivity index (χ2v) is 29.4. The van der Waals surface area contributed by atoms with Gasteiger partial charge in [-0.2, -0.15) is 0 Å². The molecule has 0 fully saturated rings. The Bertz CT molecular complexity index is 4940. The van der Waals surface area contributed by atoms with E-state index in [2.05, 4.69) is 140 Å². The minimum Gasteiger partial charge on any atom is -0.426 e. The zero-order chi connectivity index (χ0) is 72.1. The molecule has 0 aliphatic carbocycles. The van der Waals surface area contributed by atoms with Gasteiger partial charge >= 0.3 is 29.8 Å². The molecule has 10 nitrogen and oxygen atoms in total. The van der Waals surface area contributed by atoms with Crippen LogP contribution < -0.4 is 23.7 Å². The average molecular weight is 1460 g/mol. The van der Waals surface area contributed by atoms with Gasteiger partial charge in [0.05, 0.1) is 32.1 Å². The summed E-state index contributed by atoms with van der Waals surface area (Å²) in [7, 11) is 0. The Hall–Kier alpha value is -10.7. The predicted octanol–water partition coefficient (Wildman–Crippen LogP) is 21.6. The lowest BCUT2D eigenvalue weighted by Gasteiger charge is -2.21. The number of carbonyl (C=O) groups is 5. The fourth-order valence-corrected chi connectivity index (χ4v) is 14.7. The van der Waals surface area contributed by atoms with Gasteiger partial charge < -0.3 is 23.7 Å². The molecule has 0 amide bonds. The van der Waals surface area contributed by atoms with E-state index in [0.717, 1.165) is 75.7 Å². The maximum absolute atomic E-state index is 12.1. The van der Waals surface area contributed by atoms with Gasteiger partial charge in [-0.05, 0) is 204 Å². The van der Waals surface area contributed by atoms with Crippen molar-refractivity contribution >= 4 is 78.9 Å². The first kappa shape index (κ1) is 71.7. The van der Waals surface area contributed by atoms with E-state index in [4.69, 9.17) is 35.3 Å². The highest BCUT2D eigenvalue weighted by atomic mass is 79.9. The van der Waals surface area contributed by atoms with Crippen molar-refractivity contribution in [2.75, 3.05) is 0 Å². The fraction of sp³-hybridized carbons (Fsp3) is 0.207. The molecular formula is C92H80BrClO10. The van der Waals surface area contributed by atoms with Crippen molar-refractivity contribution in [3.05, 3.63) is 350 Å². The normalized spacial score (nSPS) is 18.0. The van der Waals surface area contributed by atoms with Gasteiger partial charge in [-0.1, -0.05) is 273 Å². The molecule has 0 bridgehead atoms. The molecule has 17 rings (SSSR count). The molecule has 0 saturated heterocycles. The summed E-state index contributed by atoms with van der Waals surface area (Å²) in [6.07, 6.45) is 6.25. The molecule has 104 heavy (non-hydrogen) atoms. The molecule has 12 aromatic rings. The van der Waals surface area contributed by atoms with Crippen molar-refractivity contribution in [1.82, 2.24) is 0 Å². The number of esters is 5. The molecule has 0 saturated carbocycles. The molecule has 5 aliphatic rings. The quantitative estimate of drug-likeness (QED) is 0.121. The summed E-state index contributed by atoms with van der Waals surface area (Å²) in [5, 5.41) is 5.59. The largest absolute Gasteiger partial charge is 0.426 e. The van der Waals surface area contributed by atoms with Gasteiger partial charge in [0.1, 0.15) is 28.7 Å².